The Kier molecular flexibility index (Phi) is 6.00. The maximum Gasteiger partial charge on any atom is 0.344 e. The minimum Gasteiger partial charge on any atom is -0.497 e. The number of nitrogens with zero attached hydrogens (tertiary/aromatic N) is 1. The lowest BCUT2D eigenvalue weighted by Crippen LogP contribution is -2.23. The fourth-order valence-corrected chi connectivity index (χ4v) is 3.20. The van der Waals surface area contributed by atoms with Crippen LogP contribution in [0.25, 0.3) is 6.08 Å². The molecule has 1 atom stereocenters. The van der Waals surface area contributed by atoms with Crippen molar-refractivity contribution in [2.45, 2.75) is 13.0 Å². The second kappa shape index (κ2) is 8.62. The van der Waals surface area contributed by atoms with E-state index in [-0.39, 0.29) is 5.91 Å². The van der Waals surface area contributed by atoms with Gasteiger partial charge in [0, 0.05) is 11.6 Å². The summed E-state index contributed by atoms with van der Waals surface area (Å²) < 4.78 is 10.6. The molecule has 2 aromatic carbocycles. The first-order valence-corrected chi connectivity index (χ1v) is 9.20. The Bertz CT molecular complexity index is 971. The van der Waals surface area contributed by atoms with Crippen molar-refractivity contribution in [1.82, 2.24) is 5.32 Å². The third-order valence-corrected chi connectivity index (χ3v) is 4.70. The first kappa shape index (κ1) is 19.5. The topological polar surface area (TPSA) is 97.2 Å². The lowest BCUT2D eigenvalue weighted by atomic mass is 10.2. The van der Waals surface area contributed by atoms with E-state index in [0.29, 0.717) is 32.8 Å². The van der Waals surface area contributed by atoms with Gasteiger partial charge in [-0.25, -0.2) is 9.79 Å². The minimum atomic E-state index is -1.07. The van der Waals surface area contributed by atoms with Gasteiger partial charge < -0.3 is 19.9 Å². The van der Waals surface area contributed by atoms with E-state index in [9.17, 15) is 9.59 Å². The van der Waals surface area contributed by atoms with Gasteiger partial charge >= 0.3 is 5.97 Å². The Morgan fingerprint density at radius 3 is 2.79 bits per heavy atom. The third kappa shape index (κ3) is 4.72. The number of ether oxygens (including phenoxy) is 2. The summed E-state index contributed by atoms with van der Waals surface area (Å²) in [6.45, 7) is 1.45. The largest absolute Gasteiger partial charge is 0.497 e. The summed E-state index contributed by atoms with van der Waals surface area (Å²) in [5.74, 6) is -0.294. The summed E-state index contributed by atoms with van der Waals surface area (Å²) in [6, 6.07) is 14.1. The molecule has 7 nitrogen and oxygen atoms in total. The van der Waals surface area contributed by atoms with Crippen LogP contribution in [0.3, 0.4) is 0 Å². The number of methoxy groups -OCH3 is 1. The number of rotatable bonds is 6. The smallest absolute Gasteiger partial charge is 0.344 e. The van der Waals surface area contributed by atoms with Gasteiger partial charge in [0.05, 0.1) is 17.7 Å². The van der Waals surface area contributed by atoms with Gasteiger partial charge in [0.15, 0.2) is 11.3 Å². The zero-order chi connectivity index (χ0) is 20.1. The number of carboxylic acid groups (broad SMARTS) is 1. The van der Waals surface area contributed by atoms with Crippen LogP contribution < -0.4 is 14.8 Å². The molecule has 0 bridgehead atoms. The molecule has 8 heteroatoms. The average Bonchev–Trinajstić information content (AvgIpc) is 3.02. The lowest BCUT2D eigenvalue weighted by molar-refractivity contribution is -0.144. The number of benzene rings is 2. The highest BCUT2D eigenvalue weighted by Gasteiger charge is 2.24. The molecule has 0 radical (unpaired) electrons. The SMILES string of the molecule is COc1cccc(N=C2NC(=O)/C(=C\c3ccccc3OC(C)C(=O)O)S2)c1. The van der Waals surface area contributed by atoms with E-state index in [4.69, 9.17) is 14.6 Å². The van der Waals surface area contributed by atoms with Crippen molar-refractivity contribution in [1.29, 1.82) is 0 Å². The lowest BCUT2D eigenvalue weighted by Gasteiger charge is -2.12. The molecule has 1 aliphatic rings. The Labute approximate surface area is 166 Å². The molecule has 0 saturated carbocycles. The van der Waals surface area contributed by atoms with Crippen molar-refractivity contribution in [3.63, 3.8) is 0 Å². The van der Waals surface area contributed by atoms with Crippen LogP contribution >= 0.6 is 11.8 Å². The fraction of sp³-hybridized carbons (Fsp3) is 0.150. The predicted molar refractivity (Wildman–Crippen MR) is 108 cm³/mol. The zero-order valence-corrected chi connectivity index (χ0v) is 16.0. The molecule has 28 heavy (non-hydrogen) atoms. The van der Waals surface area contributed by atoms with Gasteiger partial charge in [-0.2, -0.15) is 0 Å². The molecule has 1 heterocycles. The quantitative estimate of drug-likeness (QED) is 0.724. The monoisotopic (exact) mass is 398 g/mol. The number of hydrogen-bond acceptors (Lipinski definition) is 6. The number of aliphatic carboxylic acids is 1. The number of carbonyl (C=O) groups is 2. The first-order chi connectivity index (χ1) is 13.5. The predicted octanol–water partition coefficient (Wildman–Crippen LogP) is 3.44. The highest BCUT2D eigenvalue weighted by molar-refractivity contribution is 8.18. The van der Waals surface area contributed by atoms with Gasteiger partial charge in [0.25, 0.3) is 5.91 Å². The molecule has 1 amide bonds. The number of hydrogen-bond donors (Lipinski definition) is 2. The molecule has 2 N–H and O–H groups in total. The van der Waals surface area contributed by atoms with E-state index in [1.165, 1.54) is 18.7 Å². The molecule has 3 rings (SSSR count). The van der Waals surface area contributed by atoms with Crippen molar-refractivity contribution in [3.05, 3.63) is 59.0 Å². The highest BCUT2D eigenvalue weighted by atomic mass is 32.2. The van der Waals surface area contributed by atoms with Crippen molar-refractivity contribution >= 4 is 40.6 Å². The van der Waals surface area contributed by atoms with Gasteiger partial charge in [0.2, 0.25) is 0 Å². The van der Waals surface area contributed by atoms with Gasteiger partial charge in [-0.3, -0.25) is 4.79 Å². The van der Waals surface area contributed by atoms with Crippen molar-refractivity contribution in [2.24, 2.45) is 4.99 Å². The number of carbonyl (C=O) groups excluding carboxylic acids is 1. The summed E-state index contributed by atoms with van der Waals surface area (Å²) in [6.07, 6.45) is 0.646. The summed E-state index contributed by atoms with van der Waals surface area (Å²) >= 11 is 1.19. The Hall–Kier alpha value is -3.26. The van der Waals surface area contributed by atoms with Gasteiger partial charge in [-0.15, -0.1) is 0 Å². The van der Waals surface area contributed by atoms with Gasteiger partial charge in [0.1, 0.15) is 11.5 Å². The number of para-hydroxylation sites is 1. The molecule has 1 fully saturated rings. The number of aliphatic imine (C=N–C) groups is 1. The summed E-state index contributed by atoms with van der Waals surface area (Å²) in [5, 5.41) is 12.2. The molecular formula is C20H18N2O5S. The highest BCUT2D eigenvalue weighted by Crippen LogP contribution is 2.31. The minimum absolute atomic E-state index is 0.285. The summed E-state index contributed by atoms with van der Waals surface area (Å²) in [4.78, 5) is 28.2. The third-order valence-electron chi connectivity index (χ3n) is 3.79. The molecule has 1 saturated heterocycles. The normalized spacial score (nSPS) is 17.4. The molecular weight excluding hydrogens is 380 g/mol. The van der Waals surface area contributed by atoms with Crippen molar-refractivity contribution < 1.29 is 24.2 Å². The number of amides is 1. The van der Waals surface area contributed by atoms with E-state index in [1.807, 2.05) is 12.1 Å². The Morgan fingerprint density at radius 2 is 2.04 bits per heavy atom. The second-order valence-corrected chi connectivity index (χ2v) is 6.85. The molecule has 2 aromatic rings. The van der Waals surface area contributed by atoms with Crippen LogP contribution in [0, 0.1) is 0 Å². The average molecular weight is 398 g/mol. The van der Waals surface area contributed by atoms with Crippen LogP contribution in [0.2, 0.25) is 0 Å². The van der Waals surface area contributed by atoms with E-state index in [1.54, 1.807) is 49.6 Å². The standard InChI is InChI=1S/C20H18N2O5S/c1-12(19(24)25)27-16-9-4-3-6-13(16)10-17-18(23)22-20(28-17)21-14-7-5-8-15(11-14)26-2/h3-12H,1-2H3,(H,24,25)(H,21,22,23)/b17-10+. The number of amidine groups is 1. The molecule has 144 valence electrons. The Balaban J connectivity index is 1.83. The molecule has 0 aromatic heterocycles. The summed E-state index contributed by atoms with van der Waals surface area (Å²) in [5.41, 5.74) is 1.26. The van der Waals surface area contributed by atoms with E-state index < -0.39 is 12.1 Å². The first-order valence-electron chi connectivity index (χ1n) is 8.38. The van der Waals surface area contributed by atoms with Crippen LogP contribution in [-0.2, 0) is 9.59 Å². The van der Waals surface area contributed by atoms with Crippen molar-refractivity contribution in [2.75, 3.05) is 7.11 Å². The number of carboxylic acids is 1. The van der Waals surface area contributed by atoms with Crippen LogP contribution in [0.4, 0.5) is 5.69 Å². The summed E-state index contributed by atoms with van der Waals surface area (Å²) in [7, 11) is 1.57. The van der Waals surface area contributed by atoms with E-state index in [2.05, 4.69) is 10.3 Å². The fourth-order valence-electron chi connectivity index (χ4n) is 2.37. The van der Waals surface area contributed by atoms with E-state index >= 15 is 0 Å². The molecule has 1 aliphatic heterocycles. The second-order valence-electron chi connectivity index (χ2n) is 5.82. The number of nitrogens with one attached hydrogen (secondary N) is 1. The number of thioether (sulfide) groups is 1. The van der Waals surface area contributed by atoms with Crippen molar-refractivity contribution in [3.8, 4) is 11.5 Å². The van der Waals surface area contributed by atoms with Crippen LogP contribution in [-0.4, -0.2) is 35.4 Å². The molecule has 0 aliphatic carbocycles. The maximum absolute atomic E-state index is 12.3. The van der Waals surface area contributed by atoms with Gasteiger partial charge in [-0.05, 0) is 43.0 Å². The van der Waals surface area contributed by atoms with Gasteiger partial charge in [-0.1, -0.05) is 24.3 Å². The zero-order valence-electron chi connectivity index (χ0n) is 15.2. The Morgan fingerprint density at radius 1 is 1.25 bits per heavy atom. The van der Waals surface area contributed by atoms with Crippen LogP contribution in [0.5, 0.6) is 11.5 Å². The maximum atomic E-state index is 12.3. The molecule has 1 unspecified atom stereocenters. The van der Waals surface area contributed by atoms with Crippen LogP contribution in [0.1, 0.15) is 12.5 Å². The van der Waals surface area contributed by atoms with Crippen LogP contribution in [0.15, 0.2) is 58.4 Å². The van der Waals surface area contributed by atoms with E-state index in [0.717, 1.165) is 0 Å². The molecule has 0 spiro atoms.